The van der Waals surface area contributed by atoms with Gasteiger partial charge in [0.25, 0.3) is 5.91 Å². The Kier molecular flexibility index (Phi) is 3.62. The smallest absolute Gasteiger partial charge is 0.253 e. The van der Waals surface area contributed by atoms with Crippen LogP contribution < -0.4 is 0 Å². The van der Waals surface area contributed by atoms with Gasteiger partial charge in [0, 0.05) is 30.7 Å². The van der Waals surface area contributed by atoms with E-state index in [0.717, 1.165) is 11.9 Å². The van der Waals surface area contributed by atoms with Gasteiger partial charge in [0.1, 0.15) is 5.60 Å². The number of carbonyl (C=O) groups is 1. The molecule has 0 aliphatic carbocycles. The monoisotopic (exact) mass is 260 g/mol. The highest BCUT2D eigenvalue weighted by atomic mass is 16.3. The quantitative estimate of drug-likeness (QED) is 0.882. The average Bonchev–Trinajstić information content (AvgIpc) is 2.77. The highest BCUT2D eigenvalue weighted by molar-refractivity contribution is 5.84. The van der Waals surface area contributed by atoms with Crippen LogP contribution in [0.3, 0.4) is 0 Å². The SMILES string of the molecule is CN(CCc1c[nH]c2ccccc12)C(=O)C(C)(C)O. The number of aromatic amines is 1. The van der Waals surface area contributed by atoms with Crippen molar-refractivity contribution in [2.45, 2.75) is 25.9 Å². The number of nitrogens with zero attached hydrogens (tertiary/aromatic N) is 1. The zero-order chi connectivity index (χ0) is 14.0. The first-order chi connectivity index (χ1) is 8.89. The van der Waals surface area contributed by atoms with Crippen LogP contribution in [-0.2, 0) is 11.2 Å². The molecule has 0 atom stereocenters. The van der Waals surface area contributed by atoms with Crippen molar-refractivity contribution < 1.29 is 9.90 Å². The topological polar surface area (TPSA) is 56.3 Å². The number of fused-ring (bicyclic) bond motifs is 1. The Morgan fingerprint density at radius 1 is 1.37 bits per heavy atom. The molecule has 0 spiro atoms. The summed E-state index contributed by atoms with van der Waals surface area (Å²) >= 11 is 0. The van der Waals surface area contributed by atoms with Gasteiger partial charge < -0.3 is 15.0 Å². The number of likely N-dealkylation sites (N-methyl/N-ethyl adjacent to an activating group) is 1. The zero-order valence-electron chi connectivity index (χ0n) is 11.6. The van der Waals surface area contributed by atoms with Crippen LogP contribution in [0, 0.1) is 0 Å². The fraction of sp³-hybridized carbons (Fsp3) is 0.400. The summed E-state index contributed by atoms with van der Waals surface area (Å²) in [5.74, 6) is -0.257. The number of nitrogens with one attached hydrogen (secondary N) is 1. The first kappa shape index (κ1) is 13.6. The second kappa shape index (κ2) is 5.05. The molecule has 0 aliphatic rings. The lowest BCUT2D eigenvalue weighted by atomic mass is 10.1. The Morgan fingerprint density at radius 3 is 2.74 bits per heavy atom. The number of carbonyl (C=O) groups excluding carboxylic acids is 1. The summed E-state index contributed by atoms with van der Waals surface area (Å²) in [4.78, 5) is 16.6. The van der Waals surface area contributed by atoms with Gasteiger partial charge in [-0.3, -0.25) is 4.79 Å². The van der Waals surface area contributed by atoms with Crippen molar-refractivity contribution in [2.75, 3.05) is 13.6 Å². The van der Waals surface area contributed by atoms with Crippen molar-refractivity contribution in [3.8, 4) is 0 Å². The van der Waals surface area contributed by atoms with Crippen molar-refractivity contribution in [3.05, 3.63) is 36.0 Å². The number of aliphatic hydroxyl groups is 1. The molecule has 0 bridgehead atoms. The summed E-state index contributed by atoms with van der Waals surface area (Å²) in [5.41, 5.74) is 0.981. The van der Waals surface area contributed by atoms with Gasteiger partial charge in [-0.25, -0.2) is 0 Å². The number of benzene rings is 1. The summed E-state index contributed by atoms with van der Waals surface area (Å²) in [6, 6.07) is 8.10. The van der Waals surface area contributed by atoms with E-state index in [9.17, 15) is 9.90 Å². The van der Waals surface area contributed by atoms with Gasteiger partial charge in [-0.15, -0.1) is 0 Å². The van der Waals surface area contributed by atoms with Gasteiger partial charge in [0.2, 0.25) is 0 Å². The van der Waals surface area contributed by atoms with Crippen molar-refractivity contribution in [1.29, 1.82) is 0 Å². The number of H-pyrrole nitrogens is 1. The summed E-state index contributed by atoms with van der Waals surface area (Å²) < 4.78 is 0. The number of aromatic nitrogens is 1. The number of hydrogen-bond acceptors (Lipinski definition) is 2. The van der Waals surface area contributed by atoms with E-state index in [2.05, 4.69) is 11.1 Å². The largest absolute Gasteiger partial charge is 0.381 e. The molecular weight excluding hydrogens is 240 g/mol. The predicted octanol–water partition coefficient (Wildman–Crippen LogP) is 1.94. The standard InChI is InChI=1S/C15H20N2O2/c1-15(2,19)14(18)17(3)9-8-11-10-16-13-7-5-4-6-12(11)13/h4-7,10,16,19H,8-9H2,1-3H3. The molecule has 0 saturated heterocycles. The van der Waals surface area contributed by atoms with Gasteiger partial charge in [-0.05, 0) is 31.9 Å². The zero-order valence-corrected chi connectivity index (χ0v) is 11.6. The predicted molar refractivity (Wildman–Crippen MR) is 75.9 cm³/mol. The van der Waals surface area contributed by atoms with E-state index in [1.165, 1.54) is 24.8 Å². The lowest BCUT2D eigenvalue weighted by Crippen LogP contribution is -2.43. The Hall–Kier alpha value is -1.81. The van der Waals surface area contributed by atoms with E-state index in [4.69, 9.17) is 0 Å². The molecule has 2 aromatic rings. The second-order valence-corrected chi connectivity index (χ2v) is 5.40. The third-order valence-corrected chi connectivity index (χ3v) is 3.26. The number of amides is 1. The van der Waals surface area contributed by atoms with E-state index in [1.54, 1.807) is 11.9 Å². The third-order valence-electron chi connectivity index (χ3n) is 3.26. The first-order valence-corrected chi connectivity index (χ1v) is 6.42. The molecule has 0 radical (unpaired) electrons. The fourth-order valence-corrected chi connectivity index (χ4v) is 2.20. The van der Waals surface area contributed by atoms with E-state index < -0.39 is 5.60 Å². The van der Waals surface area contributed by atoms with Crippen molar-refractivity contribution in [2.24, 2.45) is 0 Å². The van der Waals surface area contributed by atoms with Gasteiger partial charge in [-0.2, -0.15) is 0 Å². The molecule has 0 unspecified atom stereocenters. The molecule has 2 rings (SSSR count). The van der Waals surface area contributed by atoms with Crippen LogP contribution in [0.1, 0.15) is 19.4 Å². The van der Waals surface area contributed by atoms with Gasteiger partial charge in [0.05, 0.1) is 0 Å². The van der Waals surface area contributed by atoms with E-state index in [-0.39, 0.29) is 5.91 Å². The van der Waals surface area contributed by atoms with Crippen LogP contribution in [0.15, 0.2) is 30.5 Å². The minimum absolute atomic E-state index is 0.257. The molecule has 19 heavy (non-hydrogen) atoms. The van der Waals surface area contributed by atoms with E-state index in [0.29, 0.717) is 6.54 Å². The molecular formula is C15H20N2O2. The lowest BCUT2D eigenvalue weighted by molar-refractivity contribution is -0.146. The van der Waals surface area contributed by atoms with Crippen LogP contribution in [0.2, 0.25) is 0 Å². The minimum Gasteiger partial charge on any atom is -0.381 e. The first-order valence-electron chi connectivity index (χ1n) is 6.42. The van der Waals surface area contributed by atoms with Crippen LogP contribution >= 0.6 is 0 Å². The van der Waals surface area contributed by atoms with Crippen LogP contribution in [-0.4, -0.2) is 40.1 Å². The van der Waals surface area contributed by atoms with Crippen LogP contribution in [0.5, 0.6) is 0 Å². The Morgan fingerprint density at radius 2 is 2.05 bits per heavy atom. The molecule has 0 saturated carbocycles. The molecule has 1 aromatic heterocycles. The maximum Gasteiger partial charge on any atom is 0.253 e. The number of rotatable bonds is 4. The van der Waals surface area contributed by atoms with Crippen LogP contribution in [0.25, 0.3) is 10.9 Å². The maximum absolute atomic E-state index is 11.9. The summed E-state index contributed by atoms with van der Waals surface area (Å²) in [6.07, 6.45) is 2.75. The summed E-state index contributed by atoms with van der Waals surface area (Å²) in [5, 5.41) is 10.9. The molecule has 4 nitrogen and oxygen atoms in total. The van der Waals surface area contributed by atoms with Crippen LogP contribution in [0.4, 0.5) is 0 Å². The second-order valence-electron chi connectivity index (χ2n) is 5.40. The van der Waals surface area contributed by atoms with Gasteiger partial charge in [0.15, 0.2) is 0 Å². The molecule has 1 amide bonds. The molecule has 1 aromatic carbocycles. The van der Waals surface area contributed by atoms with Crippen molar-refractivity contribution in [3.63, 3.8) is 0 Å². The molecule has 102 valence electrons. The molecule has 4 heteroatoms. The van der Waals surface area contributed by atoms with E-state index in [1.807, 2.05) is 24.4 Å². The maximum atomic E-state index is 11.9. The Bertz CT molecular complexity index is 581. The van der Waals surface area contributed by atoms with E-state index >= 15 is 0 Å². The molecule has 0 aliphatic heterocycles. The molecule has 0 fully saturated rings. The minimum atomic E-state index is -1.31. The Labute approximate surface area is 113 Å². The third kappa shape index (κ3) is 2.96. The highest BCUT2D eigenvalue weighted by Crippen LogP contribution is 2.18. The summed E-state index contributed by atoms with van der Waals surface area (Å²) in [7, 11) is 1.72. The number of hydrogen-bond donors (Lipinski definition) is 2. The van der Waals surface area contributed by atoms with Gasteiger partial charge >= 0.3 is 0 Å². The average molecular weight is 260 g/mol. The fourth-order valence-electron chi connectivity index (χ4n) is 2.20. The lowest BCUT2D eigenvalue weighted by Gasteiger charge is -2.24. The Balaban J connectivity index is 2.05. The van der Waals surface area contributed by atoms with Crippen molar-refractivity contribution in [1.82, 2.24) is 9.88 Å². The molecule has 2 N–H and O–H groups in total. The number of para-hydroxylation sites is 1. The summed E-state index contributed by atoms with van der Waals surface area (Å²) in [6.45, 7) is 3.61. The van der Waals surface area contributed by atoms with Crippen molar-refractivity contribution >= 4 is 16.8 Å². The molecule has 1 heterocycles. The highest BCUT2D eigenvalue weighted by Gasteiger charge is 2.26. The van der Waals surface area contributed by atoms with Gasteiger partial charge in [-0.1, -0.05) is 18.2 Å². The normalized spacial score (nSPS) is 11.8.